The van der Waals surface area contributed by atoms with E-state index >= 15 is 0 Å². The van der Waals surface area contributed by atoms with Crippen LogP contribution < -0.4 is 20.9 Å². The zero-order chi connectivity index (χ0) is 22.1. The zero-order valence-electron chi connectivity index (χ0n) is 17.8. The molecule has 3 N–H and O–H groups in total. The average molecular weight is 435 g/mol. The Morgan fingerprint density at radius 1 is 1.12 bits per heavy atom. The number of benzene rings is 1. The molecule has 3 aliphatic heterocycles. The Hall–Kier alpha value is -3.46. The minimum atomic E-state index is -0.603. The highest BCUT2D eigenvalue weighted by Crippen LogP contribution is 2.30. The van der Waals surface area contributed by atoms with Gasteiger partial charge in [0.2, 0.25) is 11.8 Å². The second-order valence-electron chi connectivity index (χ2n) is 8.37. The summed E-state index contributed by atoms with van der Waals surface area (Å²) < 4.78 is 0. The van der Waals surface area contributed by atoms with Crippen LogP contribution >= 0.6 is 0 Å². The van der Waals surface area contributed by atoms with E-state index in [0.717, 1.165) is 48.7 Å². The number of amides is 3. The summed E-state index contributed by atoms with van der Waals surface area (Å²) in [6.45, 7) is 4.76. The van der Waals surface area contributed by atoms with Gasteiger partial charge in [-0.3, -0.25) is 24.7 Å². The maximum absolute atomic E-state index is 13.0. The van der Waals surface area contributed by atoms with Gasteiger partial charge in [0.15, 0.2) is 0 Å². The second kappa shape index (κ2) is 8.58. The highest BCUT2D eigenvalue weighted by Gasteiger charge is 2.39. The van der Waals surface area contributed by atoms with Crippen LogP contribution in [0.2, 0.25) is 0 Å². The fraction of sp³-hybridized carbons (Fsp3) is 0.391. The Morgan fingerprint density at radius 3 is 2.78 bits per heavy atom. The highest BCUT2D eigenvalue weighted by molar-refractivity contribution is 6.05. The molecule has 1 aromatic heterocycles. The van der Waals surface area contributed by atoms with Gasteiger partial charge in [0, 0.05) is 51.3 Å². The maximum Gasteiger partial charge on any atom is 0.255 e. The van der Waals surface area contributed by atoms with Gasteiger partial charge in [0.1, 0.15) is 6.04 Å². The molecule has 0 bridgehead atoms. The molecule has 9 nitrogen and oxygen atoms in total. The van der Waals surface area contributed by atoms with E-state index in [4.69, 9.17) is 0 Å². The Bertz CT molecular complexity index is 1070. The van der Waals surface area contributed by atoms with Crippen molar-refractivity contribution < 1.29 is 14.4 Å². The van der Waals surface area contributed by atoms with Gasteiger partial charge in [-0.2, -0.15) is 0 Å². The first-order chi connectivity index (χ1) is 15.6. The molecule has 2 fully saturated rings. The molecule has 4 heterocycles. The lowest BCUT2D eigenvalue weighted by molar-refractivity contribution is -0.136. The van der Waals surface area contributed by atoms with Crippen LogP contribution in [0.4, 0.5) is 11.4 Å². The number of hydrogen-bond acceptors (Lipinski definition) is 7. The number of anilines is 2. The molecule has 1 aromatic carbocycles. The zero-order valence-corrected chi connectivity index (χ0v) is 17.8. The van der Waals surface area contributed by atoms with Crippen molar-refractivity contribution in [1.82, 2.24) is 20.5 Å². The summed E-state index contributed by atoms with van der Waals surface area (Å²) in [5, 5.41) is 9.14. The van der Waals surface area contributed by atoms with Gasteiger partial charge in [0.05, 0.1) is 23.8 Å². The lowest BCUT2D eigenvalue weighted by atomic mass is 10.0. The van der Waals surface area contributed by atoms with Crippen LogP contribution in [0.25, 0.3) is 0 Å². The quantitative estimate of drug-likeness (QED) is 0.600. The Morgan fingerprint density at radius 2 is 1.97 bits per heavy atom. The van der Waals surface area contributed by atoms with Crippen LogP contribution in [0.1, 0.15) is 34.3 Å². The average Bonchev–Trinajstić information content (AvgIpc) is 3.15. The number of hydrogen-bond donors (Lipinski definition) is 3. The van der Waals surface area contributed by atoms with Crippen molar-refractivity contribution in [3.8, 4) is 0 Å². The van der Waals surface area contributed by atoms with Crippen LogP contribution in [-0.4, -0.2) is 59.8 Å². The lowest BCUT2D eigenvalue weighted by Crippen LogP contribution is -2.52. The number of rotatable bonds is 5. The number of imide groups is 1. The molecule has 3 amide bonds. The first-order valence-corrected chi connectivity index (χ1v) is 11.0. The standard InChI is InChI=1S/C23H26N6O3/c30-21-5-4-20(22(31)27-21)29-14-19-15(2-1-3-18(19)23(29)32)11-26-16-10-17(13-25-12-16)28-8-6-24-7-9-28/h1-3,10,12-13,20,24,26H,4-9,11,14H2,(H,27,30,31). The monoisotopic (exact) mass is 434 g/mol. The van der Waals surface area contributed by atoms with Gasteiger partial charge in [0.25, 0.3) is 5.91 Å². The summed E-state index contributed by atoms with van der Waals surface area (Å²) in [5.74, 6) is -0.825. The van der Waals surface area contributed by atoms with Crippen molar-refractivity contribution in [2.75, 3.05) is 36.4 Å². The van der Waals surface area contributed by atoms with Crippen LogP contribution in [0.3, 0.4) is 0 Å². The van der Waals surface area contributed by atoms with Gasteiger partial charge >= 0.3 is 0 Å². The molecule has 0 radical (unpaired) electrons. The summed E-state index contributed by atoms with van der Waals surface area (Å²) in [7, 11) is 0. The van der Waals surface area contributed by atoms with E-state index in [9.17, 15) is 14.4 Å². The molecular weight excluding hydrogens is 408 g/mol. The summed E-state index contributed by atoms with van der Waals surface area (Å²) >= 11 is 0. The van der Waals surface area contributed by atoms with Gasteiger partial charge in [-0.1, -0.05) is 12.1 Å². The Kier molecular flexibility index (Phi) is 5.48. The minimum Gasteiger partial charge on any atom is -0.380 e. The van der Waals surface area contributed by atoms with E-state index in [2.05, 4.69) is 31.9 Å². The highest BCUT2D eigenvalue weighted by atomic mass is 16.2. The molecule has 166 valence electrons. The summed E-state index contributed by atoms with van der Waals surface area (Å²) in [5.41, 5.74) is 4.58. The van der Waals surface area contributed by atoms with Gasteiger partial charge in [-0.25, -0.2) is 0 Å². The van der Waals surface area contributed by atoms with Crippen molar-refractivity contribution in [3.05, 3.63) is 53.3 Å². The van der Waals surface area contributed by atoms with Gasteiger partial charge < -0.3 is 20.4 Å². The molecule has 5 rings (SSSR count). The number of pyridine rings is 1. The van der Waals surface area contributed by atoms with Gasteiger partial charge in [-0.15, -0.1) is 0 Å². The van der Waals surface area contributed by atoms with E-state index in [1.54, 1.807) is 17.2 Å². The maximum atomic E-state index is 13.0. The molecule has 9 heteroatoms. The molecule has 32 heavy (non-hydrogen) atoms. The Labute approximate surface area is 186 Å². The number of nitrogens with one attached hydrogen (secondary N) is 3. The van der Waals surface area contributed by atoms with E-state index < -0.39 is 11.9 Å². The number of aromatic nitrogens is 1. The van der Waals surface area contributed by atoms with E-state index in [-0.39, 0.29) is 18.2 Å². The third-order valence-electron chi connectivity index (χ3n) is 6.37. The van der Waals surface area contributed by atoms with Crippen molar-refractivity contribution in [1.29, 1.82) is 0 Å². The van der Waals surface area contributed by atoms with Crippen LogP contribution in [-0.2, 0) is 22.7 Å². The van der Waals surface area contributed by atoms with E-state index in [1.165, 1.54) is 0 Å². The van der Waals surface area contributed by atoms with Crippen LogP contribution in [0.15, 0.2) is 36.7 Å². The molecule has 1 unspecified atom stereocenters. The molecule has 3 aliphatic rings. The van der Waals surface area contributed by atoms with E-state index in [1.807, 2.05) is 18.3 Å². The normalized spacial score (nSPS) is 20.9. The number of piperidine rings is 1. The number of nitrogens with zero attached hydrogens (tertiary/aromatic N) is 3. The fourth-order valence-electron chi connectivity index (χ4n) is 4.63. The number of fused-ring (bicyclic) bond motifs is 1. The summed E-state index contributed by atoms with van der Waals surface area (Å²) in [6.07, 6.45) is 4.30. The fourth-order valence-corrected chi connectivity index (χ4v) is 4.63. The largest absolute Gasteiger partial charge is 0.380 e. The summed E-state index contributed by atoms with van der Waals surface area (Å²) in [6, 6.07) is 7.17. The third kappa shape index (κ3) is 3.91. The predicted octanol–water partition coefficient (Wildman–Crippen LogP) is 0.864. The number of carbonyl (C=O) groups is 3. The molecule has 2 aromatic rings. The lowest BCUT2D eigenvalue weighted by Gasteiger charge is -2.29. The van der Waals surface area contributed by atoms with Crippen molar-refractivity contribution in [2.45, 2.75) is 32.0 Å². The number of piperazine rings is 1. The number of carbonyl (C=O) groups excluding carboxylic acids is 3. The molecular formula is C23H26N6O3. The van der Waals surface area contributed by atoms with Crippen LogP contribution in [0, 0.1) is 0 Å². The third-order valence-corrected chi connectivity index (χ3v) is 6.37. The molecule has 2 saturated heterocycles. The molecule has 0 saturated carbocycles. The van der Waals surface area contributed by atoms with Crippen molar-refractivity contribution in [3.63, 3.8) is 0 Å². The van der Waals surface area contributed by atoms with E-state index in [0.29, 0.717) is 25.1 Å². The van der Waals surface area contributed by atoms with Gasteiger partial charge in [-0.05, 0) is 29.7 Å². The predicted molar refractivity (Wildman–Crippen MR) is 119 cm³/mol. The SMILES string of the molecule is O=C1CCC(N2Cc3c(CNc4cncc(N5CCNCC5)c4)cccc3C2=O)C(=O)N1. The Balaban J connectivity index is 1.30. The smallest absolute Gasteiger partial charge is 0.255 e. The van der Waals surface area contributed by atoms with Crippen molar-refractivity contribution in [2.24, 2.45) is 0 Å². The van der Waals surface area contributed by atoms with Crippen molar-refractivity contribution >= 4 is 29.1 Å². The topological polar surface area (TPSA) is 107 Å². The van der Waals surface area contributed by atoms with Crippen LogP contribution in [0.5, 0.6) is 0 Å². The minimum absolute atomic E-state index is 0.154. The first kappa shape index (κ1) is 20.4. The summed E-state index contributed by atoms with van der Waals surface area (Å²) in [4.78, 5) is 45.0. The molecule has 0 spiro atoms. The first-order valence-electron chi connectivity index (χ1n) is 11.0. The molecule has 0 aliphatic carbocycles. The molecule has 1 atom stereocenters. The second-order valence-corrected chi connectivity index (χ2v) is 8.37.